The van der Waals surface area contributed by atoms with Gasteiger partial charge in [-0.1, -0.05) is 6.07 Å². The molecule has 7 heteroatoms. The Morgan fingerprint density at radius 1 is 1.04 bits per heavy atom. The molecule has 0 saturated heterocycles. The number of nitrogens with two attached hydrogens (primary N) is 1. The molecule has 0 bridgehead atoms. The van der Waals surface area contributed by atoms with Crippen LogP contribution in [0.3, 0.4) is 0 Å². The van der Waals surface area contributed by atoms with E-state index in [4.69, 9.17) is 14.9 Å². The molecule has 0 atom stereocenters. The van der Waals surface area contributed by atoms with Crippen LogP contribution in [0, 0.1) is 0 Å². The van der Waals surface area contributed by atoms with Crippen molar-refractivity contribution in [1.82, 2.24) is 0 Å². The maximum atomic E-state index is 12.2. The van der Waals surface area contributed by atoms with Crippen LogP contribution in [0.1, 0.15) is 24.2 Å². The molecule has 1 aliphatic carbocycles. The number of nitrogens with one attached hydrogen (secondary N) is 2. The first-order valence-electron chi connectivity index (χ1n) is 9.22. The van der Waals surface area contributed by atoms with Crippen LogP contribution < -0.4 is 21.1 Å². The summed E-state index contributed by atoms with van der Waals surface area (Å²) in [5, 5.41) is 6.26. The topological polar surface area (TPSA) is 107 Å². The second kappa shape index (κ2) is 7.64. The van der Waals surface area contributed by atoms with Gasteiger partial charge in [-0.3, -0.25) is 4.79 Å². The Balaban J connectivity index is 1.40. The molecule has 0 radical (unpaired) electrons. The first-order chi connectivity index (χ1) is 13.6. The number of primary amides is 1. The van der Waals surface area contributed by atoms with E-state index < -0.39 is 6.03 Å². The number of ether oxygens (including phenoxy) is 1. The number of rotatable bonds is 5. The molecular weight excluding hydrogens is 358 g/mol. The van der Waals surface area contributed by atoms with Crippen LogP contribution in [0.5, 0.6) is 5.75 Å². The van der Waals surface area contributed by atoms with Crippen LogP contribution in [-0.4, -0.2) is 18.5 Å². The van der Waals surface area contributed by atoms with Crippen molar-refractivity contribution in [3.05, 3.63) is 53.8 Å². The van der Waals surface area contributed by atoms with Crippen molar-refractivity contribution in [1.29, 1.82) is 0 Å². The Labute approximate surface area is 161 Å². The lowest BCUT2D eigenvalue weighted by molar-refractivity contribution is -0.118. The van der Waals surface area contributed by atoms with Gasteiger partial charge in [0, 0.05) is 28.7 Å². The first kappa shape index (κ1) is 17.9. The summed E-state index contributed by atoms with van der Waals surface area (Å²) in [6, 6.07) is 11.7. The van der Waals surface area contributed by atoms with Gasteiger partial charge in [0.2, 0.25) is 0 Å². The molecule has 0 aliphatic heterocycles. The number of hydrogen-bond donors (Lipinski definition) is 3. The molecule has 0 unspecified atom stereocenters. The number of anilines is 2. The van der Waals surface area contributed by atoms with Crippen LogP contribution in [0.15, 0.2) is 46.9 Å². The van der Waals surface area contributed by atoms with E-state index in [1.165, 1.54) is 12.0 Å². The van der Waals surface area contributed by atoms with Crippen LogP contribution in [0.25, 0.3) is 11.0 Å². The molecular formula is C21H21N3O4. The lowest BCUT2D eigenvalue weighted by Gasteiger charge is -2.10. The van der Waals surface area contributed by atoms with Crippen molar-refractivity contribution in [2.75, 3.05) is 17.2 Å². The van der Waals surface area contributed by atoms with E-state index >= 15 is 0 Å². The fraction of sp³-hybridized carbons (Fsp3) is 0.238. The Bertz CT molecular complexity index is 1040. The summed E-state index contributed by atoms with van der Waals surface area (Å²) in [6.07, 6.45) is 4.32. The predicted molar refractivity (Wildman–Crippen MR) is 107 cm³/mol. The molecule has 7 nitrogen and oxygen atoms in total. The highest BCUT2D eigenvalue weighted by atomic mass is 16.5. The van der Waals surface area contributed by atoms with Crippen molar-refractivity contribution in [3.8, 4) is 5.75 Å². The second-order valence-corrected chi connectivity index (χ2v) is 6.78. The summed E-state index contributed by atoms with van der Waals surface area (Å²) in [6.45, 7) is -0.126. The van der Waals surface area contributed by atoms with Gasteiger partial charge in [-0.15, -0.1) is 0 Å². The van der Waals surface area contributed by atoms with Crippen molar-refractivity contribution in [3.63, 3.8) is 0 Å². The quantitative estimate of drug-likeness (QED) is 0.626. The third kappa shape index (κ3) is 3.93. The minimum atomic E-state index is -0.663. The highest BCUT2D eigenvalue weighted by Gasteiger charge is 2.18. The highest BCUT2D eigenvalue weighted by molar-refractivity contribution is 5.94. The number of fused-ring (bicyclic) bond motifs is 3. The summed E-state index contributed by atoms with van der Waals surface area (Å²) >= 11 is 0. The number of aryl methyl sites for hydroxylation is 2. The average Bonchev–Trinajstić information content (AvgIpc) is 3.04. The molecule has 1 heterocycles. The number of urea groups is 1. The maximum absolute atomic E-state index is 12.2. The van der Waals surface area contributed by atoms with E-state index in [9.17, 15) is 9.59 Å². The first-order valence-corrected chi connectivity index (χ1v) is 9.22. The maximum Gasteiger partial charge on any atom is 0.316 e. The van der Waals surface area contributed by atoms with E-state index in [2.05, 4.69) is 10.6 Å². The average molecular weight is 379 g/mol. The molecule has 1 aromatic heterocycles. The summed E-state index contributed by atoms with van der Waals surface area (Å²) in [5.41, 5.74) is 8.26. The van der Waals surface area contributed by atoms with Gasteiger partial charge in [0.1, 0.15) is 17.1 Å². The minimum Gasteiger partial charge on any atom is -0.484 e. The van der Waals surface area contributed by atoms with Gasteiger partial charge in [0.15, 0.2) is 6.61 Å². The lowest BCUT2D eigenvalue weighted by atomic mass is 9.96. The number of hydrogen-bond acceptors (Lipinski definition) is 4. The predicted octanol–water partition coefficient (Wildman–Crippen LogP) is 3.82. The molecule has 0 spiro atoms. The van der Waals surface area contributed by atoms with Crippen LogP contribution in [-0.2, 0) is 17.6 Å². The monoisotopic (exact) mass is 379 g/mol. The normalized spacial score (nSPS) is 13.0. The van der Waals surface area contributed by atoms with E-state index in [1.54, 1.807) is 24.3 Å². The van der Waals surface area contributed by atoms with Gasteiger partial charge in [0.05, 0.1) is 0 Å². The molecule has 4 N–H and O–H groups in total. The molecule has 0 fully saturated rings. The Hall–Kier alpha value is -3.48. The molecule has 144 valence electrons. The molecule has 1 aliphatic rings. The highest BCUT2D eigenvalue weighted by Crippen LogP contribution is 2.33. The van der Waals surface area contributed by atoms with Gasteiger partial charge in [-0.25, -0.2) is 4.79 Å². The smallest absolute Gasteiger partial charge is 0.316 e. The Morgan fingerprint density at radius 2 is 1.82 bits per heavy atom. The zero-order valence-corrected chi connectivity index (χ0v) is 15.3. The van der Waals surface area contributed by atoms with Crippen LogP contribution >= 0.6 is 0 Å². The van der Waals surface area contributed by atoms with E-state index in [1.807, 2.05) is 18.2 Å². The fourth-order valence-corrected chi connectivity index (χ4v) is 3.49. The van der Waals surface area contributed by atoms with Gasteiger partial charge in [-0.05, 0) is 55.7 Å². The zero-order valence-electron chi connectivity index (χ0n) is 15.3. The Morgan fingerprint density at radius 3 is 2.64 bits per heavy atom. The standard InChI is InChI=1S/C21H21N3O4/c22-21(26)24-14-5-3-4-13(10-14)23-20(25)12-27-15-8-9-19-17(11-15)16-6-1-2-7-18(16)28-19/h3-5,8-11H,1-2,6-7,12H2,(H,23,25)(H3,22,24,26). The number of furan rings is 1. The molecule has 0 saturated carbocycles. The van der Waals surface area contributed by atoms with Crippen LogP contribution in [0.2, 0.25) is 0 Å². The van der Waals surface area contributed by atoms with Crippen molar-refractivity contribution in [2.45, 2.75) is 25.7 Å². The second-order valence-electron chi connectivity index (χ2n) is 6.78. The largest absolute Gasteiger partial charge is 0.484 e. The number of benzene rings is 2. The summed E-state index contributed by atoms with van der Waals surface area (Å²) < 4.78 is 11.6. The zero-order chi connectivity index (χ0) is 19.5. The third-order valence-corrected chi connectivity index (χ3v) is 4.71. The number of carbonyl (C=O) groups is 2. The van der Waals surface area contributed by atoms with Crippen molar-refractivity contribution in [2.24, 2.45) is 5.73 Å². The SMILES string of the molecule is NC(=O)Nc1cccc(NC(=O)COc2ccc3oc4c(c3c2)CCCC4)c1. The number of carbonyl (C=O) groups excluding carboxylic acids is 2. The van der Waals surface area contributed by atoms with E-state index in [0.29, 0.717) is 17.1 Å². The van der Waals surface area contributed by atoms with Crippen molar-refractivity contribution >= 4 is 34.3 Å². The molecule has 3 aromatic rings. The van der Waals surface area contributed by atoms with Crippen molar-refractivity contribution < 1.29 is 18.7 Å². The van der Waals surface area contributed by atoms with Gasteiger partial charge >= 0.3 is 6.03 Å². The summed E-state index contributed by atoms with van der Waals surface area (Å²) in [4.78, 5) is 23.1. The molecule has 2 aromatic carbocycles. The van der Waals surface area contributed by atoms with Gasteiger partial charge < -0.3 is 25.5 Å². The van der Waals surface area contributed by atoms with Gasteiger partial charge in [-0.2, -0.15) is 0 Å². The molecule has 4 rings (SSSR count). The number of amides is 3. The Kier molecular flexibility index (Phi) is 4.89. The molecule has 28 heavy (non-hydrogen) atoms. The summed E-state index contributed by atoms with van der Waals surface area (Å²) in [5.74, 6) is 1.40. The van der Waals surface area contributed by atoms with Crippen LogP contribution in [0.4, 0.5) is 16.2 Å². The van der Waals surface area contributed by atoms with Gasteiger partial charge in [0.25, 0.3) is 5.91 Å². The lowest BCUT2D eigenvalue weighted by Crippen LogP contribution is -2.21. The third-order valence-electron chi connectivity index (χ3n) is 4.71. The van der Waals surface area contributed by atoms with E-state index in [0.717, 1.165) is 36.0 Å². The fourth-order valence-electron chi connectivity index (χ4n) is 3.49. The molecule has 3 amide bonds. The minimum absolute atomic E-state index is 0.126. The summed E-state index contributed by atoms with van der Waals surface area (Å²) in [7, 11) is 0. The van der Waals surface area contributed by atoms with E-state index in [-0.39, 0.29) is 12.5 Å².